The highest BCUT2D eigenvalue weighted by molar-refractivity contribution is 5.95. The molecule has 3 rings (SSSR count). The van der Waals surface area contributed by atoms with Gasteiger partial charge in [0.25, 0.3) is 5.91 Å². The minimum Gasteiger partial charge on any atom is -0.508 e. The topological polar surface area (TPSA) is 40.5 Å². The average Bonchev–Trinajstić information content (AvgIpc) is 2.55. The Morgan fingerprint density at radius 2 is 2.05 bits per heavy atom. The van der Waals surface area contributed by atoms with Crippen LogP contribution in [0.4, 0.5) is 0 Å². The van der Waals surface area contributed by atoms with Crippen LogP contribution in [0.2, 0.25) is 0 Å². The number of carbonyl (C=O) groups excluding carboxylic acids is 1. The summed E-state index contributed by atoms with van der Waals surface area (Å²) in [6.07, 6.45) is 1.61. The summed E-state index contributed by atoms with van der Waals surface area (Å²) in [6, 6.07) is 13.5. The molecule has 1 atom stereocenters. The third-order valence-corrected chi connectivity index (χ3v) is 4.56. The van der Waals surface area contributed by atoms with E-state index in [4.69, 9.17) is 0 Å². The molecular formula is C19H21NO2. The second kappa shape index (κ2) is 5.84. The highest BCUT2D eigenvalue weighted by Gasteiger charge is 2.28. The van der Waals surface area contributed by atoms with Gasteiger partial charge in [-0.2, -0.15) is 0 Å². The molecule has 0 unspecified atom stereocenters. The van der Waals surface area contributed by atoms with Crippen LogP contribution in [0.1, 0.15) is 46.9 Å². The predicted molar refractivity (Wildman–Crippen MR) is 87.1 cm³/mol. The molecule has 1 N–H and O–H groups in total. The van der Waals surface area contributed by atoms with Gasteiger partial charge in [-0.3, -0.25) is 4.79 Å². The van der Waals surface area contributed by atoms with E-state index in [0.29, 0.717) is 12.0 Å². The highest BCUT2D eigenvalue weighted by atomic mass is 16.3. The molecule has 2 aromatic carbocycles. The summed E-state index contributed by atoms with van der Waals surface area (Å²) in [6.45, 7) is 4.79. The van der Waals surface area contributed by atoms with Crippen LogP contribution >= 0.6 is 0 Å². The van der Waals surface area contributed by atoms with E-state index in [1.165, 1.54) is 11.1 Å². The van der Waals surface area contributed by atoms with Crippen LogP contribution in [0.15, 0.2) is 42.5 Å². The van der Waals surface area contributed by atoms with Gasteiger partial charge in [0.2, 0.25) is 0 Å². The van der Waals surface area contributed by atoms with Gasteiger partial charge in [-0.25, -0.2) is 0 Å². The number of fused-ring (bicyclic) bond motifs is 1. The van der Waals surface area contributed by atoms with E-state index in [0.717, 1.165) is 18.5 Å². The van der Waals surface area contributed by atoms with Crippen molar-refractivity contribution in [2.45, 2.75) is 32.7 Å². The van der Waals surface area contributed by atoms with E-state index in [2.05, 4.69) is 25.1 Å². The van der Waals surface area contributed by atoms with Gasteiger partial charge in [0, 0.05) is 12.1 Å². The molecule has 0 saturated heterocycles. The van der Waals surface area contributed by atoms with Crippen molar-refractivity contribution in [2.24, 2.45) is 0 Å². The normalized spacial score (nSPS) is 17.2. The Bertz CT molecular complexity index is 708. The number of phenolic OH excluding ortho intramolecular Hbond substituents is 1. The molecule has 0 fully saturated rings. The number of rotatable bonds is 2. The number of carbonyl (C=O) groups is 1. The SMILES string of the molecule is CCc1cc(C(=O)N2CCc3ccccc3[C@H]2C)ccc1O. The number of aromatic hydroxyl groups is 1. The van der Waals surface area contributed by atoms with Crippen LogP contribution in [0.3, 0.4) is 0 Å². The van der Waals surface area contributed by atoms with Gasteiger partial charge in [-0.1, -0.05) is 31.2 Å². The molecule has 0 bridgehead atoms. The lowest BCUT2D eigenvalue weighted by atomic mass is 9.93. The van der Waals surface area contributed by atoms with Gasteiger partial charge in [0.05, 0.1) is 6.04 Å². The molecule has 0 spiro atoms. The molecule has 0 aliphatic carbocycles. The first-order chi connectivity index (χ1) is 10.6. The van der Waals surface area contributed by atoms with Gasteiger partial charge < -0.3 is 10.0 Å². The molecule has 3 nitrogen and oxygen atoms in total. The predicted octanol–water partition coefficient (Wildman–Crippen LogP) is 3.71. The molecule has 2 aromatic rings. The van der Waals surface area contributed by atoms with E-state index in [1.807, 2.05) is 24.0 Å². The summed E-state index contributed by atoms with van der Waals surface area (Å²) < 4.78 is 0. The first kappa shape index (κ1) is 14.6. The maximum absolute atomic E-state index is 12.8. The molecule has 1 heterocycles. The molecular weight excluding hydrogens is 274 g/mol. The van der Waals surface area contributed by atoms with Crippen molar-refractivity contribution < 1.29 is 9.90 Å². The molecule has 3 heteroatoms. The molecule has 114 valence electrons. The zero-order chi connectivity index (χ0) is 15.7. The third-order valence-electron chi connectivity index (χ3n) is 4.56. The molecule has 22 heavy (non-hydrogen) atoms. The van der Waals surface area contributed by atoms with E-state index in [1.54, 1.807) is 12.1 Å². The lowest BCUT2D eigenvalue weighted by molar-refractivity contribution is 0.0677. The van der Waals surface area contributed by atoms with Crippen LogP contribution < -0.4 is 0 Å². The second-order valence-electron chi connectivity index (χ2n) is 5.82. The molecule has 1 amide bonds. The number of aryl methyl sites for hydroxylation is 1. The summed E-state index contributed by atoms with van der Waals surface area (Å²) >= 11 is 0. The largest absolute Gasteiger partial charge is 0.508 e. The number of hydrogen-bond acceptors (Lipinski definition) is 2. The summed E-state index contributed by atoms with van der Waals surface area (Å²) in [5.41, 5.74) is 4.03. The van der Waals surface area contributed by atoms with E-state index >= 15 is 0 Å². The van der Waals surface area contributed by atoms with Crippen LogP contribution in [-0.4, -0.2) is 22.5 Å². The minimum atomic E-state index is 0.0386. The fourth-order valence-corrected chi connectivity index (χ4v) is 3.22. The van der Waals surface area contributed by atoms with Crippen molar-refractivity contribution >= 4 is 5.91 Å². The lowest BCUT2D eigenvalue weighted by Crippen LogP contribution is -2.38. The minimum absolute atomic E-state index is 0.0386. The monoisotopic (exact) mass is 295 g/mol. The Balaban J connectivity index is 1.90. The molecule has 1 aliphatic heterocycles. The van der Waals surface area contributed by atoms with Gasteiger partial charge >= 0.3 is 0 Å². The van der Waals surface area contributed by atoms with Crippen LogP contribution in [-0.2, 0) is 12.8 Å². The zero-order valence-corrected chi connectivity index (χ0v) is 13.0. The van der Waals surface area contributed by atoms with Gasteiger partial charge in [0.15, 0.2) is 0 Å². The smallest absolute Gasteiger partial charge is 0.254 e. The summed E-state index contributed by atoms with van der Waals surface area (Å²) in [4.78, 5) is 14.8. The van der Waals surface area contributed by atoms with Crippen molar-refractivity contribution in [3.8, 4) is 5.75 Å². The molecule has 0 aromatic heterocycles. The van der Waals surface area contributed by atoms with Crippen LogP contribution in [0.5, 0.6) is 5.75 Å². The van der Waals surface area contributed by atoms with Crippen molar-refractivity contribution in [1.82, 2.24) is 4.90 Å². The summed E-state index contributed by atoms with van der Waals surface area (Å²) in [7, 11) is 0. The summed E-state index contributed by atoms with van der Waals surface area (Å²) in [5.74, 6) is 0.299. The Morgan fingerprint density at radius 1 is 1.27 bits per heavy atom. The number of phenols is 1. The van der Waals surface area contributed by atoms with Gasteiger partial charge in [-0.15, -0.1) is 0 Å². The van der Waals surface area contributed by atoms with E-state index in [9.17, 15) is 9.90 Å². The van der Waals surface area contributed by atoms with Crippen LogP contribution in [0, 0.1) is 0 Å². The number of benzene rings is 2. The van der Waals surface area contributed by atoms with Crippen molar-refractivity contribution in [3.05, 3.63) is 64.7 Å². The maximum atomic E-state index is 12.8. The third kappa shape index (κ3) is 2.47. The zero-order valence-electron chi connectivity index (χ0n) is 13.0. The van der Waals surface area contributed by atoms with Crippen LogP contribution in [0.25, 0.3) is 0 Å². The van der Waals surface area contributed by atoms with E-state index < -0.39 is 0 Å². The maximum Gasteiger partial charge on any atom is 0.254 e. The Labute approximate surface area is 131 Å². The van der Waals surface area contributed by atoms with E-state index in [-0.39, 0.29) is 17.7 Å². The second-order valence-corrected chi connectivity index (χ2v) is 5.82. The Morgan fingerprint density at radius 3 is 2.82 bits per heavy atom. The summed E-state index contributed by atoms with van der Waals surface area (Å²) in [5, 5.41) is 9.78. The standard InChI is InChI=1S/C19H21NO2/c1-3-14-12-16(8-9-18(14)21)19(22)20-11-10-15-6-4-5-7-17(15)13(20)2/h4-9,12-13,21H,3,10-11H2,1-2H3/t13-/m1/s1. The van der Waals surface area contributed by atoms with Gasteiger partial charge in [0.1, 0.15) is 5.75 Å². The fraction of sp³-hybridized carbons (Fsp3) is 0.316. The Hall–Kier alpha value is -2.29. The molecule has 0 saturated carbocycles. The van der Waals surface area contributed by atoms with Gasteiger partial charge in [-0.05, 0) is 54.7 Å². The number of nitrogens with zero attached hydrogens (tertiary/aromatic N) is 1. The molecule has 0 radical (unpaired) electrons. The first-order valence-corrected chi connectivity index (χ1v) is 7.82. The van der Waals surface area contributed by atoms with Crippen molar-refractivity contribution in [1.29, 1.82) is 0 Å². The average molecular weight is 295 g/mol. The number of hydrogen-bond donors (Lipinski definition) is 1. The number of amides is 1. The quantitative estimate of drug-likeness (QED) is 0.917. The molecule has 1 aliphatic rings. The highest BCUT2D eigenvalue weighted by Crippen LogP contribution is 2.31. The fourth-order valence-electron chi connectivity index (χ4n) is 3.22. The lowest BCUT2D eigenvalue weighted by Gasteiger charge is -2.35. The van der Waals surface area contributed by atoms with Crippen molar-refractivity contribution in [2.75, 3.05) is 6.54 Å². The Kier molecular flexibility index (Phi) is 3.88. The first-order valence-electron chi connectivity index (χ1n) is 7.82. The van der Waals surface area contributed by atoms with Crippen molar-refractivity contribution in [3.63, 3.8) is 0 Å².